The van der Waals surface area contributed by atoms with E-state index < -0.39 is 0 Å². The third-order valence-corrected chi connectivity index (χ3v) is 3.14. The summed E-state index contributed by atoms with van der Waals surface area (Å²) in [7, 11) is 5.54. The van der Waals surface area contributed by atoms with Gasteiger partial charge in [0.25, 0.3) is 0 Å². The monoisotopic (exact) mass is 216 g/mol. The largest absolute Gasteiger partial charge is 0.355 e. The highest BCUT2D eigenvalue weighted by Crippen LogP contribution is 2.13. The van der Waals surface area contributed by atoms with Crippen molar-refractivity contribution in [2.24, 2.45) is 0 Å². The standard InChI is InChI=1S/C11H24N2O2/c1-13-7-5-4-6-10(13)8-12-9-11(14-2)15-3/h10-12H,4-9H2,1-3H3. The molecule has 4 nitrogen and oxygen atoms in total. The lowest BCUT2D eigenvalue weighted by atomic mass is 10.0. The van der Waals surface area contributed by atoms with E-state index >= 15 is 0 Å². The maximum absolute atomic E-state index is 5.12. The van der Waals surface area contributed by atoms with Crippen LogP contribution in [-0.2, 0) is 9.47 Å². The minimum Gasteiger partial charge on any atom is -0.355 e. The zero-order chi connectivity index (χ0) is 11.1. The first-order valence-corrected chi connectivity index (χ1v) is 5.74. The van der Waals surface area contributed by atoms with Gasteiger partial charge in [-0.1, -0.05) is 6.42 Å². The molecule has 0 aliphatic carbocycles. The summed E-state index contributed by atoms with van der Waals surface area (Å²) in [6, 6.07) is 0.674. The van der Waals surface area contributed by atoms with E-state index in [0.717, 1.165) is 13.1 Å². The van der Waals surface area contributed by atoms with Crippen LogP contribution in [0.15, 0.2) is 0 Å². The molecule has 1 aliphatic heterocycles. The van der Waals surface area contributed by atoms with Gasteiger partial charge in [-0.25, -0.2) is 0 Å². The van der Waals surface area contributed by atoms with Gasteiger partial charge in [0.05, 0.1) is 0 Å². The van der Waals surface area contributed by atoms with Crippen molar-refractivity contribution < 1.29 is 9.47 Å². The van der Waals surface area contributed by atoms with Crippen LogP contribution in [0.4, 0.5) is 0 Å². The van der Waals surface area contributed by atoms with E-state index in [4.69, 9.17) is 9.47 Å². The molecule has 1 fully saturated rings. The summed E-state index contributed by atoms with van der Waals surface area (Å²) in [5.74, 6) is 0. The second kappa shape index (κ2) is 7.17. The number of nitrogens with zero attached hydrogens (tertiary/aromatic N) is 1. The van der Waals surface area contributed by atoms with E-state index in [2.05, 4.69) is 17.3 Å². The first kappa shape index (κ1) is 12.9. The first-order valence-electron chi connectivity index (χ1n) is 5.74. The van der Waals surface area contributed by atoms with Crippen LogP contribution in [0.3, 0.4) is 0 Å². The van der Waals surface area contributed by atoms with Crippen molar-refractivity contribution in [1.29, 1.82) is 0 Å². The summed E-state index contributed by atoms with van der Waals surface area (Å²) in [5, 5.41) is 3.40. The van der Waals surface area contributed by atoms with Crippen molar-refractivity contribution in [2.45, 2.75) is 31.6 Å². The van der Waals surface area contributed by atoms with Gasteiger partial charge in [-0.2, -0.15) is 0 Å². The van der Waals surface area contributed by atoms with E-state index in [-0.39, 0.29) is 6.29 Å². The number of likely N-dealkylation sites (tertiary alicyclic amines) is 1. The van der Waals surface area contributed by atoms with Gasteiger partial charge < -0.3 is 19.7 Å². The van der Waals surface area contributed by atoms with Gasteiger partial charge in [0.1, 0.15) is 0 Å². The molecule has 90 valence electrons. The van der Waals surface area contributed by atoms with Gasteiger partial charge in [-0.3, -0.25) is 0 Å². The van der Waals surface area contributed by atoms with Crippen LogP contribution in [0.25, 0.3) is 0 Å². The molecule has 4 heteroatoms. The molecule has 1 aliphatic rings. The Morgan fingerprint density at radius 3 is 2.67 bits per heavy atom. The van der Waals surface area contributed by atoms with Gasteiger partial charge in [0.15, 0.2) is 6.29 Å². The summed E-state index contributed by atoms with van der Waals surface area (Å²) < 4.78 is 10.2. The van der Waals surface area contributed by atoms with Crippen LogP contribution in [0, 0.1) is 0 Å². The van der Waals surface area contributed by atoms with Gasteiger partial charge in [0.2, 0.25) is 0 Å². The number of likely N-dealkylation sites (N-methyl/N-ethyl adjacent to an activating group) is 1. The minimum atomic E-state index is -0.126. The highest BCUT2D eigenvalue weighted by atomic mass is 16.7. The maximum atomic E-state index is 5.12. The highest BCUT2D eigenvalue weighted by Gasteiger charge is 2.18. The predicted octanol–water partition coefficient (Wildman–Crippen LogP) is 0.679. The molecular weight excluding hydrogens is 192 g/mol. The molecule has 0 spiro atoms. The molecule has 0 saturated carbocycles. The lowest BCUT2D eigenvalue weighted by Gasteiger charge is -2.32. The topological polar surface area (TPSA) is 33.7 Å². The first-order chi connectivity index (χ1) is 7.27. The predicted molar refractivity (Wildman–Crippen MR) is 60.9 cm³/mol. The van der Waals surface area contributed by atoms with Crippen molar-refractivity contribution >= 4 is 0 Å². The van der Waals surface area contributed by atoms with Crippen molar-refractivity contribution in [1.82, 2.24) is 10.2 Å². The number of hydrogen-bond donors (Lipinski definition) is 1. The van der Waals surface area contributed by atoms with E-state index in [1.165, 1.54) is 25.8 Å². The summed E-state index contributed by atoms with van der Waals surface area (Å²) >= 11 is 0. The lowest BCUT2D eigenvalue weighted by Crippen LogP contribution is -2.44. The quantitative estimate of drug-likeness (QED) is 0.662. The summed E-state index contributed by atoms with van der Waals surface area (Å²) in [4.78, 5) is 2.44. The van der Waals surface area contributed by atoms with Crippen LogP contribution in [0.2, 0.25) is 0 Å². The summed E-state index contributed by atoms with van der Waals surface area (Å²) in [6.45, 7) is 3.02. The average molecular weight is 216 g/mol. The zero-order valence-electron chi connectivity index (χ0n) is 10.2. The number of rotatable bonds is 6. The van der Waals surface area contributed by atoms with E-state index in [0.29, 0.717) is 6.04 Å². The Labute approximate surface area is 92.9 Å². The second-order valence-electron chi connectivity index (χ2n) is 4.19. The summed E-state index contributed by atoms with van der Waals surface area (Å²) in [5.41, 5.74) is 0. The van der Waals surface area contributed by atoms with Gasteiger partial charge in [0, 0.05) is 33.4 Å². The molecule has 0 aromatic rings. The average Bonchev–Trinajstić information content (AvgIpc) is 2.27. The fourth-order valence-electron chi connectivity index (χ4n) is 2.03. The van der Waals surface area contributed by atoms with Gasteiger partial charge in [-0.15, -0.1) is 0 Å². The van der Waals surface area contributed by atoms with Crippen LogP contribution in [0.5, 0.6) is 0 Å². The molecule has 1 unspecified atom stereocenters. The maximum Gasteiger partial charge on any atom is 0.169 e. The third-order valence-electron chi connectivity index (χ3n) is 3.14. The SMILES string of the molecule is COC(CNCC1CCCCN1C)OC. The van der Waals surface area contributed by atoms with Crippen molar-refractivity contribution in [3.05, 3.63) is 0 Å². The van der Waals surface area contributed by atoms with Gasteiger partial charge >= 0.3 is 0 Å². The smallest absolute Gasteiger partial charge is 0.169 e. The normalized spacial score (nSPS) is 23.6. The van der Waals surface area contributed by atoms with Crippen LogP contribution in [-0.4, -0.2) is 58.1 Å². The molecule has 0 aromatic carbocycles. The Hall–Kier alpha value is -0.160. The van der Waals surface area contributed by atoms with E-state index in [1.54, 1.807) is 14.2 Å². The van der Waals surface area contributed by atoms with Crippen LogP contribution in [0.1, 0.15) is 19.3 Å². The number of methoxy groups -OCH3 is 2. The molecule has 1 saturated heterocycles. The van der Waals surface area contributed by atoms with Crippen LogP contribution >= 0.6 is 0 Å². The number of nitrogens with one attached hydrogen (secondary N) is 1. The van der Waals surface area contributed by atoms with E-state index in [9.17, 15) is 0 Å². The van der Waals surface area contributed by atoms with Crippen LogP contribution < -0.4 is 5.32 Å². The highest BCUT2D eigenvalue weighted by molar-refractivity contribution is 4.76. The molecule has 1 rings (SSSR count). The Balaban J connectivity index is 2.12. The number of ether oxygens (including phenoxy) is 2. The minimum absolute atomic E-state index is 0.126. The van der Waals surface area contributed by atoms with Crippen molar-refractivity contribution in [2.75, 3.05) is 40.9 Å². The lowest BCUT2D eigenvalue weighted by molar-refractivity contribution is -0.0991. The van der Waals surface area contributed by atoms with Crippen molar-refractivity contribution in [3.8, 4) is 0 Å². The molecule has 0 aromatic heterocycles. The number of hydrogen-bond acceptors (Lipinski definition) is 4. The van der Waals surface area contributed by atoms with Crippen molar-refractivity contribution in [3.63, 3.8) is 0 Å². The fraction of sp³-hybridized carbons (Fsp3) is 1.00. The molecule has 0 amide bonds. The molecule has 0 bridgehead atoms. The second-order valence-corrected chi connectivity index (χ2v) is 4.19. The molecule has 1 N–H and O–H groups in total. The molecular formula is C11H24N2O2. The Bertz CT molecular complexity index is 163. The Morgan fingerprint density at radius 2 is 2.07 bits per heavy atom. The fourth-order valence-corrected chi connectivity index (χ4v) is 2.03. The number of piperidine rings is 1. The Kier molecular flexibility index (Phi) is 6.17. The van der Waals surface area contributed by atoms with E-state index in [1.807, 2.05) is 0 Å². The summed E-state index contributed by atoms with van der Waals surface area (Å²) in [6.07, 6.45) is 3.87. The van der Waals surface area contributed by atoms with Gasteiger partial charge in [-0.05, 0) is 26.4 Å². The molecule has 1 heterocycles. The Morgan fingerprint density at radius 1 is 1.33 bits per heavy atom. The molecule has 1 atom stereocenters. The zero-order valence-corrected chi connectivity index (χ0v) is 10.2. The third kappa shape index (κ3) is 4.47. The molecule has 0 radical (unpaired) electrons. The molecule has 15 heavy (non-hydrogen) atoms.